The van der Waals surface area contributed by atoms with Crippen molar-refractivity contribution in [3.8, 4) is 5.75 Å². The Morgan fingerprint density at radius 1 is 1.11 bits per heavy atom. The molecule has 2 aliphatic rings. The lowest BCUT2D eigenvalue weighted by Gasteiger charge is -2.26. The zero-order chi connectivity index (χ0) is 19.0. The van der Waals surface area contributed by atoms with Crippen LogP contribution >= 0.6 is 0 Å². The van der Waals surface area contributed by atoms with Crippen LogP contribution in [0.5, 0.6) is 5.75 Å². The van der Waals surface area contributed by atoms with Gasteiger partial charge in [-0.05, 0) is 51.0 Å². The van der Waals surface area contributed by atoms with Crippen molar-refractivity contribution in [3.05, 3.63) is 53.0 Å². The maximum Gasteiger partial charge on any atom is 0.258 e. The summed E-state index contributed by atoms with van der Waals surface area (Å²) in [5.41, 5.74) is 2.08. The molecule has 2 amide bonds. The quantitative estimate of drug-likeness (QED) is 0.816. The first kappa shape index (κ1) is 17.6. The molecule has 6 heteroatoms. The van der Waals surface area contributed by atoms with E-state index in [1.54, 1.807) is 17.9 Å². The fraction of sp³-hybridized carbons (Fsp3) is 0.429. The Morgan fingerprint density at radius 2 is 1.89 bits per heavy atom. The molecule has 6 nitrogen and oxygen atoms in total. The van der Waals surface area contributed by atoms with Crippen LogP contribution < -0.4 is 4.74 Å². The van der Waals surface area contributed by atoms with Gasteiger partial charge in [-0.15, -0.1) is 0 Å². The number of hydrogen-bond donors (Lipinski definition) is 0. The van der Waals surface area contributed by atoms with Crippen molar-refractivity contribution in [3.63, 3.8) is 0 Å². The number of aryl methyl sites for hydroxylation is 1. The van der Waals surface area contributed by atoms with Crippen molar-refractivity contribution in [2.75, 3.05) is 19.7 Å². The number of amides is 2. The van der Waals surface area contributed by atoms with Crippen LogP contribution in [0.15, 0.2) is 34.9 Å². The van der Waals surface area contributed by atoms with E-state index >= 15 is 0 Å². The lowest BCUT2D eigenvalue weighted by atomic mass is 10.1. The number of carbonyl (C=O) groups excluding carboxylic acids is 2. The van der Waals surface area contributed by atoms with Crippen molar-refractivity contribution < 1.29 is 18.7 Å². The van der Waals surface area contributed by atoms with Crippen molar-refractivity contribution in [2.45, 2.75) is 39.3 Å². The summed E-state index contributed by atoms with van der Waals surface area (Å²) in [6, 6.07) is 7.16. The smallest absolute Gasteiger partial charge is 0.258 e. The Labute approximate surface area is 158 Å². The van der Waals surface area contributed by atoms with Crippen molar-refractivity contribution in [1.82, 2.24) is 9.80 Å². The zero-order valence-electron chi connectivity index (χ0n) is 15.7. The Morgan fingerprint density at radius 3 is 2.59 bits per heavy atom. The van der Waals surface area contributed by atoms with Gasteiger partial charge in [0.25, 0.3) is 11.8 Å². The molecule has 0 aliphatic carbocycles. The van der Waals surface area contributed by atoms with Gasteiger partial charge in [0.2, 0.25) is 0 Å². The predicted molar refractivity (Wildman–Crippen MR) is 99.9 cm³/mol. The fourth-order valence-corrected chi connectivity index (χ4v) is 3.75. The molecular formula is C21H24N2O4. The summed E-state index contributed by atoms with van der Waals surface area (Å²) >= 11 is 0. The molecule has 1 saturated heterocycles. The fourth-order valence-electron chi connectivity index (χ4n) is 3.75. The molecule has 0 spiro atoms. The number of furan rings is 1. The summed E-state index contributed by atoms with van der Waals surface area (Å²) in [5.74, 6) is 1.31. The number of likely N-dealkylation sites (tertiary alicyclic amines) is 1. The summed E-state index contributed by atoms with van der Waals surface area (Å²) in [6.45, 7) is 6.19. The molecule has 1 aromatic heterocycles. The van der Waals surface area contributed by atoms with Gasteiger partial charge in [-0.2, -0.15) is 0 Å². The first-order chi connectivity index (χ1) is 13.0. The summed E-state index contributed by atoms with van der Waals surface area (Å²) in [5, 5.41) is 0. The molecule has 0 N–H and O–H groups in total. The second-order valence-electron chi connectivity index (χ2n) is 7.31. The van der Waals surface area contributed by atoms with Crippen molar-refractivity contribution in [2.24, 2.45) is 0 Å². The largest absolute Gasteiger partial charge is 0.491 e. The average Bonchev–Trinajstić information content (AvgIpc) is 3.32. The lowest BCUT2D eigenvalue weighted by molar-refractivity contribution is 0.0643. The van der Waals surface area contributed by atoms with Gasteiger partial charge < -0.3 is 19.0 Å². The number of hydrogen-bond acceptors (Lipinski definition) is 4. The van der Waals surface area contributed by atoms with Gasteiger partial charge in [0.05, 0.1) is 24.4 Å². The van der Waals surface area contributed by atoms with Crippen LogP contribution in [0.2, 0.25) is 0 Å². The minimum absolute atomic E-state index is 0.0520. The molecule has 0 bridgehead atoms. The van der Waals surface area contributed by atoms with Crippen LogP contribution in [0, 0.1) is 6.92 Å². The Bertz CT molecular complexity index is 867. The molecule has 27 heavy (non-hydrogen) atoms. The molecule has 2 aliphatic heterocycles. The van der Waals surface area contributed by atoms with Gasteiger partial charge in [0.1, 0.15) is 18.1 Å². The van der Waals surface area contributed by atoms with Crippen LogP contribution in [-0.4, -0.2) is 47.4 Å². The standard InChI is InChI=1S/C21H24N2O4/c1-14-13-27-19-6-5-16(20(24)22-8-3-4-9-22)11-17(19)12-23(14)21(25)18-7-10-26-15(18)2/h5-7,10-11,14H,3-4,8-9,12-13H2,1-2H3/t14-/m0/s1. The average molecular weight is 368 g/mol. The van der Waals surface area contributed by atoms with Crippen LogP contribution in [0.4, 0.5) is 0 Å². The van der Waals surface area contributed by atoms with Gasteiger partial charge in [0, 0.05) is 24.2 Å². The third-order valence-electron chi connectivity index (χ3n) is 5.40. The van der Waals surface area contributed by atoms with Crippen LogP contribution in [0.25, 0.3) is 0 Å². The van der Waals surface area contributed by atoms with Gasteiger partial charge >= 0.3 is 0 Å². The molecule has 0 saturated carbocycles. The minimum atomic E-state index is -0.0862. The van der Waals surface area contributed by atoms with Gasteiger partial charge in [0.15, 0.2) is 0 Å². The highest BCUT2D eigenvalue weighted by molar-refractivity contribution is 5.96. The van der Waals surface area contributed by atoms with E-state index in [9.17, 15) is 9.59 Å². The molecule has 3 heterocycles. The monoisotopic (exact) mass is 368 g/mol. The van der Waals surface area contributed by atoms with Crippen LogP contribution in [-0.2, 0) is 6.54 Å². The maximum atomic E-state index is 13.0. The molecule has 0 unspecified atom stereocenters. The Balaban J connectivity index is 1.62. The van der Waals surface area contributed by atoms with Crippen molar-refractivity contribution >= 4 is 11.8 Å². The summed E-state index contributed by atoms with van der Waals surface area (Å²) < 4.78 is 11.2. The highest BCUT2D eigenvalue weighted by Crippen LogP contribution is 2.28. The van der Waals surface area contributed by atoms with Gasteiger partial charge in [-0.1, -0.05) is 0 Å². The van der Waals surface area contributed by atoms with Gasteiger partial charge in [-0.3, -0.25) is 9.59 Å². The van der Waals surface area contributed by atoms with Gasteiger partial charge in [-0.25, -0.2) is 0 Å². The number of rotatable bonds is 2. The third kappa shape index (κ3) is 3.31. The van der Waals surface area contributed by atoms with E-state index in [1.165, 1.54) is 6.26 Å². The number of benzene rings is 1. The third-order valence-corrected chi connectivity index (χ3v) is 5.40. The van der Waals surface area contributed by atoms with E-state index < -0.39 is 0 Å². The van der Waals surface area contributed by atoms with E-state index in [-0.39, 0.29) is 17.9 Å². The minimum Gasteiger partial charge on any atom is -0.491 e. The SMILES string of the molecule is Cc1occc1C(=O)N1Cc2cc(C(=O)N3CCCC3)ccc2OC[C@@H]1C. The summed E-state index contributed by atoms with van der Waals surface area (Å²) in [7, 11) is 0. The summed E-state index contributed by atoms with van der Waals surface area (Å²) in [4.78, 5) is 29.4. The maximum absolute atomic E-state index is 13.0. The molecular weight excluding hydrogens is 344 g/mol. The predicted octanol–water partition coefficient (Wildman–Crippen LogP) is 3.25. The number of carbonyl (C=O) groups is 2. The van der Waals surface area contributed by atoms with E-state index in [0.717, 1.165) is 37.2 Å². The molecule has 4 rings (SSSR count). The normalized spacial score (nSPS) is 19.4. The van der Waals surface area contributed by atoms with Crippen LogP contribution in [0.3, 0.4) is 0 Å². The molecule has 2 aromatic rings. The lowest BCUT2D eigenvalue weighted by Crippen LogP contribution is -2.40. The highest BCUT2D eigenvalue weighted by atomic mass is 16.5. The highest BCUT2D eigenvalue weighted by Gasteiger charge is 2.29. The molecule has 0 radical (unpaired) electrons. The zero-order valence-corrected chi connectivity index (χ0v) is 15.7. The second-order valence-corrected chi connectivity index (χ2v) is 7.31. The van der Waals surface area contributed by atoms with E-state index in [4.69, 9.17) is 9.15 Å². The van der Waals surface area contributed by atoms with Crippen molar-refractivity contribution in [1.29, 1.82) is 0 Å². The molecule has 1 atom stereocenters. The first-order valence-electron chi connectivity index (χ1n) is 9.44. The second kappa shape index (κ2) is 7.10. The molecule has 142 valence electrons. The topological polar surface area (TPSA) is 63.0 Å². The van der Waals surface area contributed by atoms with E-state index in [2.05, 4.69) is 0 Å². The number of nitrogens with zero attached hydrogens (tertiary/aromatic N) is 2. The van der Waals surface area contributed by atoms with E-state index in [1.807, 2.05) is 30.0 Å². The Kier molecular flexibility index (Phi) is 4.64. The first-order valence-corrected chi connectivity index (χ1v) is 9.44. The number of ether oxygens (including phenoxy) is 1. The molecule has 1 aromatic carbocycles. The van der Waals surface area contributed by atoms with E-state index in [0.29, 0.717) is 30.0 Å². The Hall–Kier alpha value is -2.76. The number of fused-ring (bicyclic) bond motifs is 1. The summed E-state index contributed by atoms with van der Waals surface area (Å²) in [6.07, 6.45) is 3.65. The van der Waals surface area contributed by atoms with Crippen LogP contribution in [0.1, 0.15) is 51.8 Å². The molecule has 1 fully saturated rings.